The van der Waals surface area contributed by atoms with Crippen LogP contribution in [0.15, 0.2) is 56.7 Å². The molecule has 0 aliphatic carbocycles. The first-order valence-corrected chi connectivity index (χ1v) is 10.3. The summed E-state index contributed by atoms with van der Waals surface area (Å²) in [6, 6.07) is 10.6. The van der Waals surface area contributed by atoms with Gasteiger partial charge in [-0.1, -0.05) is 33.8 Å². The minimum absolute atomic E-state index is 0.138. The van der Waals surface area contributed by atoms with Crippen molar-refractivity contribution in [2.75, 3.05) is 11.1 Å². The second-order valence-corrected chi connectivity index (χ2v) is 7.51. The molecular formula is C18H18BrN5O3S. The van der Waals surface area contributed by atoms with Crippen LogP contribution in [0.3, 0.4) is 0 Å². The molecule has 3 aromatic rings. The second-order valence-electron chi connectivity index (χ2n) is 5.65. The van der Waals surface area contributed by atoms with E-state index in [0.717, 1.165) is 10.2 Å². The summed E-state index contributed by atoms with van der Waals surface area (Å²) in [4.78, 5) is 24.2. The number of amides is 2. The van der Waals surface area contributed by atoms with Crippen LogP contribution in [-0.4, -0.2) is 32.3 Å². The van der Waals surface area contributed by atoms with Gasteiger partial charge in [-0.25, -0.2) is 0 Å². The fourth-order valence-electron chi connectivity index (χ4n) is 2.42. The molecule has 1 aromatic carbocycles. The number of thioether (sulfide) groups is 1. The largest absolute Gasteiger partial charge is 0.459 e. The molecule has 146 valence electrons. The number of aromatic nitrogens is 3. The van der Waals surface area contributed by atoms with E-state index in [-0.39, 0.29) is 29.9 Å². The van der Waals surface area contributed by atoms with Crippen LogP contribution in [-0.2, 0) is 17.9 Å². The number of furan rings is 1. The topological polar surface area (TPSA) is 102 Å². The Labute approximate surface area is 174 Å². The predicted octanol–water partition coefficient (Wildman–Crippen LogP) is 3.31. The Morgan fingerprint density at radius 3 is 2.82 bits per heavy atom. The summed E-state index contributed by atoms with van der Waals surface area (Å²) in [5, 5.41) is 14.5. The Morgan fingerprint density at radius 2 is 2.11 bits per heavy atom. The van der Waals surface area contributed by atoms with E-state index < -0.39 is 0 Å². The molecule has 10 heteroatoms. The summed E-state index contributed by atoms with van der Waals surface area (Å²) in [5.41, 5.74) is 0.721. The Morgan fingerprint density at radius 1 is 1.25 bits per heavy atom. The Balaban J connectivity index is 1.55. The van der Waals surface area contributed by atoms with Gasteiger partial charge in [0.05, 0.1) is 18.6 Å². The third-order valence-corrected chi connectivity index (χ3v) is 5.16. The third-order valence-electron chi connectivity index (χ3n) is 3.70. The van der Waals surface area contributed by atoms with Gasteiger partial charge in [0, 0.05) is 16.7 Å². The number of carbonyl (C=O) groups excluding carboxylic acids is 2. The van der Waals surface area contributed by atoms with Gasteiger partial charge >= 0.3 is 0 Å². The van der Waals surface area contributed by atoms with E-state index in [1.54, 1.807) is 12.1 Å². The standard InChI is InChI=1S/C18H18BrN5O3S/c1-2-24-15(10-20-17(26)14-7-4-8-27-14)22-23-18(24)28-11-16(25)21-13-6-3-5-12(19)9-13/h3-9H,2,10-11H2,1H3,(H,20,26)(H,21,25). The third kappa shape index (κ3) is 5.23. The summed E-state index contributed by atoms with van der Waals surface area (Å²) in [5.74, 6) is 0.585. The van der Waals surface area contributed by atoms with E-state index in [9.17, 15) is 9.59 Å². The molecule has 2 amide bonds. The molecule has 0 unspecified atom stereocenters. The number of anilines is 1. The van der Waals surface area contributed by atoms with Crippen LogP contribution in [0.25, 0.3) is 0 Å². The lowest BCUT2D eigenvalue weighted by Gasteiger charge is -2.08. The van der Waals surface area contributed by atoms with Gasteiger partial charge in [0.25, 0.3) is 5.91 Å². The maximum Gasteiger partial charge on any atom is 0.287 e. The van der Waals surface area contributed by atoms with Crippen LogP contribution in [0.2, 0.25) is 0 Å². The van der Waals surface area contributed by atoms with E-state index in [4.69, 9.17) is 4.42 Å². The smallest absolute Gasteiger partial charge is 0.287 e. The van der Waals surface area contributed by atoms with Crippen LogP contribution < -0.4 is 10.6 Å². The quantitative estimate of drug-likeness (QED) is 0.496. The van der Waals surface area contributed by atoms with Crippen LogP contribution in [0, 0.1) is 0 Å². The fourth-order valence-corrected chi connectivity index (χ4v) is 3.64. The molecule has 2 heterocycles. The number of hydrogen-bond acceptors (Lipinski definition) is 6. The summed E-state index contributed by atoms with van der Waals surface area (Å²) in [7, 11) is 0. The predicted molar refractivity (Wildman–Crippen MR) is 109 cm³/mol. The number of nitrogens with one attached hydrogen (secondary N) is 2. The van der Waals surface area contributed by atoms with Gasteiger partial charge in [0.1, 0.15) is 0 Å². The van der Waals surface area contributed by atoms with Gasteiger partial charge < -0.3 is 19.6 Å². The van der Waals surface area contributed by atoms with Gasteiger partial charge in [-0.15, -0.1) is 10.2 Å². The number of benzene rings is 1. The lowest BCUT2D eigenvalue weighted by molar-refractivity contribution is -0.113. The second kappa shape index (κ2) is 9.56. The number of hydrogen-bond donors (Lipinski definition) is 2. The van der Waals surface area contributed by atoms with Gasteiger partial charge in [0.2, 0.25) is 5.91 Å². The maximum absolute atomic E-state index is 12.2. The van der Waals surface area contributed by atoms with Crippen molar-refractivity contribution < 1.29 is 14.0 Å². The molecular weight excluding hydrogens is 446 g/mol. The summed E-state index contributed by atoms with van der Waals surface area (Å²) in [6.07, 6.45) is 1.44. The molecule has 0 bridgehead atoms. The minimum atomic E-state index is -0.321. The molecule has 3 rings (SSSR count). The van der Waals surface area contributed by atoms with Crippen molar-refractivity contribution in [1.29, 1.82) is 0 Å². The van der Waals surface area contributed by atoms with Gasteiger partial charge in [0.15, 0.2) is 16.7 Å². The van der Waals surface area contributed by atoms with E-state index in [0.29, 0.717) is 17.5 Å². The molecule has 0 spiro atoms. The first-order chi connectivity index (χ1) is 13.6. The Bertz CT molecular complexity index is 958. The van der Waals surface area contributed by atoms with Crippen molar-refractivity contribution in [2.24, 2.45) is 0 Å². The summed E-state index contributed by atoms with van der Waals surface area (Å²) in [6.45, 7) is 2.78. The zero-order valence-electron chi connectivity index (χ0n) is 15.0. The van der Waals surface area contributed by atoms with E-state index in [2.05, 4.69) is 36.8 Å². The number of carbonyl (C=O) groups is 2. The van der Waals surface area contributed by atoms with Crippen molar-refractivity contribution in [1.82, 2.24) is 20.1 Å². The normalized spacial score (nSPS) is 10.6. The molecule has 0 saturated heterocycles. The first-order valence-electron chi connectivity index (χ1n) is 8.48. The zero-order chi connectivity index (χ0) is 19.9. The SMILES string of the molecule is CCn1c(CNC(=O)c2ccco2)nnc1SCC(=O)Nc1cccc(Br)c1. The molecule has 28 heavy (non-hydrogen) atoms. The molecule has 0 aliphatic heterocycles. The highest BCUT2D eigenvalue weighted by atomic mass is 79.9. The van der Waals surface area contributed by atoms with Crippen molar-refractivity contribution in [2.45, 2.75) is 25.2 Å². The molecule has 0 saturated carbocycles. The molecule has 2 aromatic heterocycles. The molecule has 0 aliphatic rings. The Hall–Kier alpha value is -2.59. The lowest BCUT2D eigenvalue weighted by Crippen LogP contribution is -2.24. The number of rotatable bonds is 8. The number of nitrogens with zero attached hydrogens (tertiary/aromatic N) is 3. The highest BCUT2D eigenvalue weighted by Crippen LogP contribution is 2.19. The minimum Gasteiger partial charge on any atom is -0.459 e. The van der Waals surface area contributed by atoms with Crippen molar-refractivity contribution in [3.8, 4) is 0 Å². The molecule has 0 radical (unpaired) electrons. The monoisotopic (exact) mass is 463 g/mol. The van der Waals surface area contributed by atoms with Gasteiger partial charge in [-0.2, -0.15) is 0 Å². The van der Waals surface area contributed by atoms with Crippen LogP contribution in [0.1, 0.15) is 23.3 Å². The van der Waals surface area contributed by atoms with Crippen molar-refractivity contribution in [3.05, 3.63) is 58.7 Å². The zero-order valence-corrected chi connectivity index (χ0v) is 17.4. The first kappa shape index (κ1) is 20.2. The van der Waals surface area contributed by atoms with E-state index >= 15 is 0 Å². The average molecular weight is 464 g/mol. The van der Waals surface area contributed by atoms with Gasteiger partial charge in [-0.3, -0.25) is 9.59 Å². The lowest BCUT2D eigenvalue weighted by atomic mass is 10.3. The maximum atomic E-state index is 12.2. The molecule has 2 N–H and O–H groups in total. The number of halogens is 1. The molecule has 8 nitrogen and oxygen atoms in total. The molecule has 0 fully saturated rings. The van der Waals surface area contributed by atoms with Gasteiger partial charge in [-0.05, 0) is 37.3 Å². The van der Waals surface area contributed by atoms with Crippen LogP contribution >= 0.6 is 27.7 Å². The van der Waals surface area contributed by atoms with Crippen molar-refractivity contribution in [3.63, 3.8) is 0 Å². The fraction of sp³-hybridized carbons (Fsp3) is 0.222. The van der Waals surface area contributed by atoms with E-state index in [1.165, 1.54) is 18.0 Å². The molecule has 0 atom stereocenters. The van der Waals surface area contributed by atoms with Crippen LogP contribution in [0.5, 0.6) is 0 Å². The summed E-state index contributed by atoms with van der Waals surface area (Å²) < 4.78 is 7.81. The van der Waals surface area contributed by atoms with Crippen molar-refractivity contribution >= 4 is 45.2 Å². The Kier molecular flexibility index (Phi) is 6.88. The average Bonchev–Trinajstić information content (AvgIpc) is 3.34. The summed E-state index contributed by atoms with van der Waals surface area (Å²) >= 11 is 4.66. The van der Waals surface area contributed by atoms with Crippen LogP contribution in [0.4, 0.5) is 5.69 Å². The highest BCUT2D eigenvalue weighted by molar-refractivity contribution is 9.10. The van der Waals surface area contributed by atoms with E-state index in [1.807, 2.05) is 35.8 Å². The highest BCUT2D eigenvalue weighted by Gasteiger charge is 2.15.